The van der Waals surface area contributed by atoms with E-state index < -0.39 is 0 Å². The van der Waals surface area contributed by atoms with E-state index in [1.807, 2.05) is 37.6 Å². The first-order chi connectivity index (χ1) is 11.9. The maximum Gasteiger partial charge on any atom is 0.253 e. The van der Waals surface area contributed by atoms with E-state index in [0.29, 0.717) is 24.2 Å². The molecule has 6 nitrogen and oxygen atoms in total. The van der Waals surface area contributed by atoms with E-state index in [1.165, 1.54) is 0 Å². The van der Waals surface area contributed by atoms with Crippen LogP contribution in [0.2, 0.25) is 0 Å². The molecule has 0 spiro atoms. The van der Waals surface area contributed by atoms with Crippen molar-refractivity contribution in [2.45, 2.75) is 38.8 Å². The maximum atomic E-state index is 12.9. The van der Waals surface area contributed by atoms with Crippen LogP contribution in [0.3, 0.4) is 0 Å². The highest BCUT2D eigenvalue weighted by molar-refractivity contribution is 5.96. The molecule has 0 aliphatic heterocycles. The number of pyridine rings is 1. The van der Waals surface area contributed by atoms with Gasteiger partial charge in [-0.2, -0.15) is 0 Å². The average Bonchev–Trinajstić information content (AvgIpc) is 2.84. The minimum Gasteiger partial charge on any atom is -0.495 e. The first-order valence-electron chi connectivity index (χ1n) is 8.51. The molecular formula is C19H25N3O3. The second-order valence-corrected chi connectivity index (χ2v) is 6.84. The summed E-state index contributed by atoms with van der Waals surface area (Å²) in [5.41, 5.74) is 3.56. The monoisotopic (exact) mass is 343 g/mol. The smallest absolute Gasteiger partial charge is 0.253 e. The molecule has 2 N–H and O–H groups in total. The second-order valence-electron chi connectivity index (χ2n) is 6.84. The Morgan fingerprint density at radius 1 is 1.36 bits per heavy atom. The molecule has 2 heterocycles. The van der Waals surface area contributed by atoms with Gasteiger partial charge in [-0.25, -0.2) is 0 Å². The number of methoxy groups -OCH3 is 1. The minimum absolute atomic E-state index is 0.101. The van der Waals surface area contributed by atoms with Gasteiger partial charge in [0.2, 0.25) is 0 Å². The van der Waals surface area contributed by atoms with Crippen molar-refractivity contribution in [3.8, 4) is 5.75 Å². The third-order valence-corrected chi connectivity index (χ3v) is 5.26. The summed E-state index contributed by atoms with van der Waals surface area (Å²) in [7, 11) is 3.55. The Balaban J connectivity index is 1.87. The van der Waals surface area contributed by atoms with E-state index in [2.05, 4.69) is 10.3 Å². The number of hydrogen-bond donors (Lipinski definition) is 2. The summed E-state index contributed by atoms with van der Waals surface area (Å²) in [5.74, 6) is 0.747. The van der Waals surface area contributed by atoms with Gasteiger partial charge in [-0.1, -0.05) is 0 Å². The lowest BCUT2D eigenvalue weighted by Gasteiger charge is -2.38. The molecule has 1 amide bonds. The van der Waals surface area contributed by atoms with Gasteiger partial charge in [-0.3, -0.25) is 9.78 Å². The molecule has 0 unspecified atom stereocenters. The van der Waals surface area contributed by atoms with Crippen molar-refractivity contribution >= 4 is 5.91 Å². The quantitative estimate of drug-likeness (QED) is 0.873. The molecule has 2 aromatic heterocycles. The van der Waals surface area contributed by atoms with Crippen molar-refractivity contribution < 1.29 is 14.6 Å². The first-order valence-corrected chi connectivity index (χ1v) is 8.51. The van der Waals surface area contributed by atoms with Gasteiger partial charge in [0.05, 0.1) is 31.0 Å². The van der Waals surface area contributed by atoms with Crippen LogP contribution in [-0.2, 0) is 7.05 Å². The van der Waals surface area contributed by atoms with Crippen LogP contribution in [-0.4, -0.2) is 33.8 Å². The Labute approximate surface area is 147 Å². The van der Waals surface area contributed by atoms with Crippen LogP contribution in [0.4, 0.5) is 0 Å². The molecule has 1 saturated carbocycles. The van der Waals surface area contributed by atoms with E-state index in [9.17, 15) is 9.90 Å². The van der Waals surface area contributed by atoms with Gasteiger partial charge < -0.3 is 19.7 Å². The van der Waals surface area contributed by atoms with Crippen molar-refractivity contribution in [1.29, 1.82) is 0 Å². The number of aromatic nitrogens is 2. The first kappa shape index (κ1) is 17.5. The summed E-state index contributed by atoms with van der Waals surface area (Å²) in [5, 5.41) is 12.8. The zero-order valence-corrected chi connectivity index (χ0v) is 15.1. The molecular weight excluding hydrogens is 318 g/mol. The predicted octanol–water partition coefficient (Wildman–Crippen LogP) is 2.29. The van der Waals surface area contributed by atoms with Gasteiger partial charge in [0.25, 0.3) is 5.91 Å². The number of carbonyl (C=O) groups excluding carboxylic acids is 1. The maximum absolute atomic E-state index is 12.9. The molecule has 6 heteroatoms. The van der Waals surface area contributed by atoms with Gasteiger partial charge in [0.15, 0.2) is 0 Å². The SMILES string of the molecule is COc1cncc([C@H](NC(=O)c2cc(C)n(C)c2C)C2CC(O)C2)c1. The zero-order chi connectivity index (χ0) is 18.1. The van der Waals surface area contributed by atoms with Crippen molar-refractivity contribution in [3.05, 3.63) is 47.0 Å². The summed E-state index contributed by atoms with van der Waals surface area (Å²) in [4.78, 5) is 17.1. The standard InChI is InChI=1S/C19H25N3O3/c1-11-5-17(12(2)22(11)3)19(24)21-18(13-6-15(23)7-13)14-8-16(25-4)10-20-9-14/h5,8-10,13,15,18,23H,6-7H2,1-4H3,(H,21,24)/t13?,15?,18-/m1/s1. The predicted molar refractivity (Wildman–Crippen MR) is 94.6 cm³/mol. The number of aliphatic hydroxyl groups is 1. The molecule has 3 rings (SSSR count). The molecule has 1 atom stereocenters. The fraction of sp³-hybridized carbons (Fsp3) is 0.474. The number of aliphatic hydroxyl groups excluding tert-OH is 1. The van der Waals surface area contributed by atoms with Crippen molar-refractivity contribution in [2.24, 2.45) is 13.0 Å². The number of nitrogens with one attached hydrogen (secondary N) is 1. The Bertz CT molecular complexity index is 778. The second kappa shape index (κ2) is 6.88. The third-order valence-electron chi connectivity index (χ3n) is 5.26. The van der Waals surface area contributed by atoms with Gasteiger partial charge in [-0.15, -0.1) is 0 Å². The number of carbonyl (C=O) groups is 1. The minimum atomic E-state index is -0.288. The van der Waals surface area contributed by atoms with Crippen LogP contribution in [0.1, 0.15) is 46.2 Å². The fourth-order valence-corrected chi connectivity index (χ4v) is 3.40. The Kier molecular flexibility index (Phi) is 4.81. The van der Waals surface area contributed by atoms with Gasteiger partial charge in [0, 0.05) is 24.6 Å². The molecule has 1 fully saturated rings. The topological polar surface area (TPSA) is 76.4 Å². The van der Waals surface area contributed by atoms with Crippen molar-refractivity contribution in [3.63, 3.8) is 0 Å². The van der Waals surface area contributed by atoms with E-state index >= 15 is 0 Å². The Hall–Kier alpha value is -2.34. The molecule has 25 heavy (non-hydrogen) atoms. The van der Waals surface area contributed by atoms with E-state index in [1.54, 1.807) is 19.5 Å². The Morgan fingerprint density at radius 2 is 2.08 bits per heavy atom. The number of ether oxygens (including phenoxy) is 1. The Morgan fingerprint density at radius 3 is 2.64 bits per heavy atom. The highest BCUT2D eigenvalue weighted by atomic mass is 16.5. The lowest BCUT2D eigenvalue weighted by molar-refractivity contribution is 0.0234. The fourth-order valence-electron chi connectivity index (χ4n) is 3.40. The number of amides is 1. The van der Waals surface area contributed by atoms with Crippen LogP contribution in [0.15, 0.2) is 24.5 Å². The lowest BCUT2D eigenvalue weighted by Crippen LogP contribution is -2.41. The van der Waals surface area contributed by atoms with E-state index in [0.717, 1.165) is 17.0 Å². The van der Waals surface area contributed by atoms with Crippen molar-refractivity contribution in [2.75, 3.05) is 7.11 Å². The molecule has 1 aliphatic carbocycles. The molecule has 0 radical (unpaired) electrons. The highest BCUT2D eigenvalue weighted by Crippen LogP contribution is 2.38. The molecule has 0 aromatic carbocycles. The van der Waals surface area contributed by atoms with Crippen LogP contribution in [0.5, 0.6) is 5.75 Å². The van der Waals surface area contributed by atoms with Crippen molar-refractivity contribution in [1.82, 2.24) is 14.9 Å². The number of hydrogen-bond acceptors (Lipinski definition) is 4. The van der Waals surface area contributed by atoms with Crippen LogP contribution >= 0.6 is 0 Å². The average molecular weight is 343 g/mol. The molecule has 0 bridgehead atoms. The largest absolute Gasteiger partial charge is 0.495 e. The molecule has 2 aromatic rings. The molecule has 1 aliphatic rings. The normalized spacial score (nSPS) is 20.7. The van der Waals surface area contributed by atoms with Crippen LogP contribution in [0, 0.1) is 19.8 Å². The summed E-state index contributed by atoms with van der Waals surface area (Å²) in [6.45, 7) is 3.92. The van der Waals surface area contributed by atoms with Crippen LogP contribution < -0.4 is 10.1 Å². The molecule has 0 saturated heterocycles. The molecule has 134 valence electrons. The summed E-state index contributed by atoms with van der Waals surface area (Å²) in [6, 6.07) is 3.60. The third kappa shape index (κ3) is 3.39. The van der Waals surface area contributed by atoms with Gasteiger partial charge in [-0.05, 0) is 50.3 Å². The summed E-state index contributed by atoms with van der Waals surface area (Å²) >= 11 is 0. The lowest BCUT2D eigenvalue weighted by atomic mass is 9.75. The van der Waals surface area contributed by atoms with Crippen LogP contribution in [0.25, 0.3) is 0 Å². The van der Waals surface area contributed by atoms with E-state index in [-0.39, 0.29) is 24.0 Å². The van der Waals surface area contributed by atoms with Gasteiger partial charge in [0.1, 0.15) is 5.75 Å². The van der Waals surface area contributed by atoms with Gasteiger partial charge >= 0.3 is 0 Å². The summed E-state index contributed by atoms with van der Waals surface area (Å²) in [6.07, 6.45) is 4.46. The zero-order valence-electron chi connectivity index (χ0n) is 15.1. The number of rotatable bonds is 5. The summed E-state index contributed by atoms with van der Waals surface area (Å²) < 4.78 is 7.26. The number of nitrogens with zero attached hydrogens (tertiary/aromatic N) is 2. The van der Waals surface area contributed by atoms with E-state index in [4.69, 9.17) is 4.74 Å². The number of aryl methyl sites for hydroxylation is 1. The highest BCUT2D eigenvalue weighted by Gasteiger charge is 2.36.